The third kappa shape index (κ3) is 3.20. The Hall–Kier alpha value is -2.60. The molecule has 0 N–H and O–H groups in total. The number of rotatable bonds is 4. The summed E-state index contributed by atoms with van der Waals surface area (Å²) in [7, 11) is 0. The Morgan fingerprint density at radius 3 is 2.21 bits per heavy atom. The van der Waals surface area contributed by atoms with Crippen molar-refractivity contribution in [3.8, 4) is 11.8 Å². The van der Waals surface area contributed by atoms with E-state index in [1.165, 1.54) is 0 Å². The Labute approximate surface area is 112 Å². The van der Waals surface area contributed by atoms with Gasteiger partial charge >= 0.3 is 0 Å². The third-order valence-corrected chi connectivity index (χ3v) is 2.65. The van der Waals surface area contributed by atoms with Crippen LogP contribution in [-0.4, -0.2) is 11.9 Å². The number of nitriles is 1. The van der Waals surface area contributed by atoms with Gasteiger partial charge in [0.15, 0.2) is 11.9 Å². The first-order valence-electron chi connectivity index (χ1n) is 5.97. The largest absolute Gasteiger partial charge is 0.476 e. The number of ether oxygens (including phenoxy) is 1. The predicted octanol–water partition coefficient (Wildman–Crippen LogP) is 3.21. The second kappa shape index (κ2) is 5.83. The van der Waals surface area contributed by atoms with E-state index in [1.54, 1.807) is 43.3 Å². The van der Waals surface area contributed by atoms with E-state index in [0.717, 1.165) is 0 Å². The van der Waals surface area contributed by atoms with Crippen molar-refractivity contribution in [2.75, 3.05) is 0 Å². The van der Waals surface area contributed by atoms with Gasteiger partial charge in [0.1, 0.15) is 11.8 Å². The van der Waals surface area contributed by atoms with E-state index < -0.39 is 6.10 Å². The standard InChI is InChI=1S/C16H13NO2/c1-12(11-17)19-15-9-7-14(8-10-15)16(18)13-5-3-2-4-6-13/h2-10,12H,1H3. The average molecular weight is 251 g/mol. The maximum Gasteiger partial charge on any atom is 0.193 e. The highest BCUT2D eigenvalue weighted by atomic mass is 16.5. The summed E-state index contributed by atoms with van der Waals surface area (Å²) in [6.07, 6.45) is -0.504. The van der Waals surface area contributed by atoms with E-state index in [4.69, 9.17) is 10.00 Å². The van der Waals surface area contributed by atoms with Crippen LogP contribution in [0.3, 0.4) is 0 Å². The molecule has 2 aromatic rings. The molecule has 1 unspecified atom stereocenters. The zero-order valence-electron chi connectivity index (χ0n) is 10.5. The number of nitrogens with zero attached hydrogens (tertiary/aromatic N) is 1. The van der Waals surface area contributed by atoms with Gasteiger partial charge in [-0.15, -0.1) is 0 Å². The van der Waals surface area contributed by atoms with Crippen LogP contribution in [0.25, 0.3) is 0 Å². The van der Waals surface area contributed by atoms with Crippen LogP contribution in [0.15, 0.2) is 54.6 Å². The van der Waals surface area contributed by atoms with Crippen molar-refractivity contribution in [1.82, 2.24) is 0 Å². The van der Waals surface area contributed by atoms with E-state index in [9.17, 15) is 4.79 Å². The Morgan fingerprint density at radius 2 is 1.63 bits per heavy atom. The van der Waals surface area contributed by atoms with E-state index in [0.29, 0.717) is 16.9 Å². The summed E-state index contributed by atoms with van der Waals surface area (Å²) in [6, 6.07) is 17.9. The van der Waals surface area contributed by atoms with Crippen LogP contribution in [0.5, 0.6) is 5.75 Å². The Morgan fingerprint density at radius 1 is 1.05 bits per heavy atom. The fraction of sp³-hybridized carbons (Fsp3) is 0.125. The normalized spacial score (nSPS) is 11.4. The minimum absolute atomic E-state index is 0.0273. The molecule has 0 fully saturated rings. The SMILES string of the molecule is CC(C#N)Oc1ccc(C(=O)c2ccccc2)cc1. The molecular formula is C16H13NO2. The minimum atomic E-state index is -0.504. The zero-order chi connectivity index (χ0) is 13.7. The van der Waals surface area contributed by atoms with Gasteiger partial charge in [0.05, 0.1) is 0 Å². The molecule has 2 rings (SSSR count). The molecule has 0 aliphatic carbocycles. The number of ketones is 1. The lowest BCUT2D eigenvalue weighted by molar-refractivity contribution is 0.103. The highest BCUT2D eigenvalue weighted by Crippen LogP contribution is 2.16. The Kier molecular flexibility index (Phi) is 3.94. The number of benzene rings is 2. The monoisotopic (exact) mass is 251 g/mol. The fourth-order valence-electron chi connectivity index (χ4n) is 1.67. The summed E-state index contributed by atoms with van der Waals surface area (Å²) in [4.78, 5) is 12.1. The van der Waals surface area contributed by atoms with Crippen molar-refractivity contribution >= 4 is 5.78 Å². The van der Waals surface area contributed by atoms with Crippen molar-refractivity contribution < 1.29 is 9.53 Å². The lowest BCUT2D eigenvalue weighted by Gasteiger charge is -2.08. The molecule has 0 bridgehead atoms. The van der Waals surface area contributed by atoms with Crippen LogP contribution in [0.1, 0.15) is 22.8 Å². The summed E-state index contributed by atoms with van der Waals surface area (Å²) in [5.74, 6) is 0.555. The van der Waals surface area contributed by atoms with Gasteiger partial charge in [0.25, 0.3) is 0 Å². The first kappa shape index (κ1) is 12.8. The highest BCUT2D eigenvalue weighted by molar-refractivity contribution is 6.08. The minimum Gasteiger partial charge on any atom is -0.476 e. The van der Waals surface area contributed by atoms with Gasteiger partial charge in [0, 0.05) is 11.1 Å². The summed E-state index contributed by atoms with van der Waals surface area (Å²) in [5.41, 5.74) is 1.25. The van der Waals surface area contributed by atoms with Gasteiger partial charge in [0.2, 0.25) is 0 Å². The van der Waals surface area contributed by atoms with Crippen molar-refractivity contribution in [2.45, 2.75) is 13.0 Å². The molecule has 0 heterocycles. The zero-order valence-corrected chi connectivity index (χ0v) is 10.5. The number of hydrogen-bond donors (Lipinski definition) is 0. The van der Waals surface area contributed by atoms with E-state index >= 15 is 0 Å². The molecule has 3 nitrogen and oxygen atoms in total. The second-order valence-electron chi connectivity index (χ2n) is 4.11. The van der Waals surface area contributed by atoms with Crippen molar-refractivity contribution in [2.24, 2.45) is 0 Å². The molecule has 0 saturated heterocycles. The van der Waals surface area contributed by atoms with Gasteiger partial charge in [-0.25, -0.2) is 0 Å². The molecule has 0 saturated carbocycles. The fourth-order valence-corrected chi connectivity index (χ4v) is 1.67. The molecule has 19 heavy (non-hydrogen) atoms. The van der Waals surface area contributed by atoms with Crippen molar-refractivity contribution in [3.05, 3.63) is 65.7 Å². The van der Waals surface area contributed by atoms with E-state index in [-0.39, 0.29) is 5.78 Å². The molecule has 94 valence electrons. The van der Waals surface area contributed by atoms with Gasteiger partial charge in [-0.1, -0.05) is 30.3 Å². The van der Waals surface area contributed by atoms with E-state index in [1.807, 2.05) is 24.3 Å². The molecule has 0 aromatic heterocycles. The van der Waals surface area contributed by atoms with Crippen molar-refractivity contribution in [1.29, 1.82) is 5.26 Å². The van der Waals surface area contributed by atoms with Crippen LogP contribution in [0, 0.1) is 11.3 Å². The lowest BCUT2D eigenvalue weighted by atomic mass is 10.0. The smallest absolute Gasteiger partial charge is 0.193 e. The highest BCUT2D eigenvalue weighted by Gasteiger charge is 2.09. The Bertz CT molecular complexity index is 597. The molecule has 0 radical (unpaired) electrons. The van der Waals surface area contributed by atoms with Crippen LogP contribution >= 0.6 is 0 Å². The molecule has 0 amide bonds. The summed E-state index contributed by atoms with van der Waals surface area (Å²) in [6.45, 7) is 1.67. The molecule has 1 atom stereocenters. The van der Waals surface area contributed by atoms with Crippen molar-refractivity contribution in [3.63, 3.8) is 0 Å². The number of carbonyl (C=O) groups excluding carboxylic acids is 1. The summed E-state index contributed by atoms with van der Waals surface area (Å²) in [5, 5.41) is 8.66. The van der Waals surface area contributed by atoms with Gasteiger partial charge < -0.3 is 4.74 Å². The third-order valence-electron chi connectivity index (χ3n) is 2.65. The van der Waals surface area contributed by atoms with Crippen LogP contribution in [-0.2, 0) is 0 Å². The predicted molar refractivity (Wildman–Crippen MR) is 72.0 cm³/mol. The summed E-state index contributed by atoms with van der Waals surface area (Å²) < 4.78 is 5.33. The first-order valence-corrected chi connectivity index (χ1v) is 5.97. The number of carbonyl (C=O) groups is 1. The molecule has 3 heteroatoms. The molecule has 0 aliphatic rings. The van der Waals surface area contributed by atoms with Crippen LogP contribution < -0.4 is 4.74 Å². The topological polar surface area (TPSA) is 50.1 Å². The molecular weight excluding hydrogens is 238 g/mol. The van der Waals surface area contributed by atoms with Crippen LogP contribution in [0.4, 0.5) is 0 Å². The van der Waals surface area contributed by atoms with Gasteiger partial charge in [-0.05, 0) is 31.2 Å². The maximum atomic E-state index is 12.1. The van der Waals surface area contributed by atoms with E-state index in [2.05, 4.69) is 0 Å². The average Bonchev–Trinajstić information content (AvgIpc) is 2.48. The maximum absolute atomic E-state index is 12.1. The first-order chi connectivity index (χ1) is 9.20. The second-order valence-corrected chi connectivity index (χ2v) is 4.11. The molecule has 0 spiro atoms. The molecule has 0 aliphatic heterocycles. The Balaban J connectivity index is 2.15. The van der Waals surface area contributed by atoms with Crippen LogP contribution in [0.2, 0.25) is 0 Å². The quantitative estimate of drug-likeness (QED) is 0.784. The van der Waals surface area contributed by atoms with Gasteiger partial charge in [-0.3, -0.25) is 4.79 Å². The van der Waals surface area contributed by atoms with Gasteiger partial charge in [-0.2, -0.15) is 5.26 Å². The lowest BCUT2D eigenvalue weighted by Crippen LogP contribution is -2.08. The number of hydrogen-bond acceptors (Lipinski definition) is 3. The molecule has 2 aromatic carbocycles. The summed E-state index contributed by atoms with van der Waals surface area (Å²) >= 11 is 0.